The van der Waals surface area contributed by atoms with E-state index in [1.807, 2.05) is 0 Å². The second kappa shape index (κ2) is 8.40. The van der Waals surface area contributed by atoms with E-state index in [0.29, 0.717) is 11.5 Å². The molecular formula is C20H14O10S. The first kappa shape index (κ1) is 20.3. The summed E-state index contributed by atoms with van der Waals surface area (Å²) in [6.07, 6.45) is 2.28. The number of benzene rings is 2. The lowest BCUT2D eigenvalue weighted by molar-refractivity contribution is 0.262. The Bertz CT molecular complexity index is 1270. The molecule has 4 aromatic rings. The summed E-state index contributed by atoms with van der Waals surface area (Å²) in [6.45, 7) is -0.0803. The molecule has 11 heteroatoms. The van der Waals surface area contributed by atoms with Gasteiger partial charge in [0.15, 0.2) is 11.5 Å². The summed E-state index contributed by atoms with van der Waals surface area (Å²) < 4.78 is 54.9. The fourth-order valence-electron chi connectivity index (χ4n) is 2.54. The number of hydrogen-bond donors (Lipinski definition) is 0. The highest BCUT2D eigenvalue weighted by atomic mass is 32.2. The molecule has 0 radical (unpaired) electrons. The zero-order chi connectivity index (χ0) is 21.8. The van der Waals surface area contributed by atoms with Crippen LogP contribution < -0.4 is 21.1 Å². The molecule has 0 saturated heterocycles. The van der Waals surface area contributed by atoms with Crippen LogP contribution in [0.4, 0.5) is 0 Å². The van der Waals surface area contributed by atoms with Crippen molar-refractivity contribution < 1.29 is 35.6 Å². The molecule has 2 aromatic heterocycles. The highest BCUT2D eigenvalue weighted by molar-refractivity contribution is 7.91. The van der Waals surface area contributed by atoms with E-state index in [4.69, 9.17) is 18.3 Å². The Kier molecular flexibility index (Phi) is 5.50. The zero-order valence-electron chi connectivity index (χ0n) is 15.7. The maximum atomic E-state index is 12.8. The molecule has 0 amide bonds. The van der Waals surface area contributed by atoms with Crippen LogP contribution >= 0.6 is 0 Å². The Labute approximate surface area is 174 Å². The fraction of sp³-hybridized carbons (Fsp3) is 0.100. The molecule has 0 N–H and O–H groups in total. The Balaban J connectivity index is 1.41. The van der Waals surface area contributed by atoms with Crippen LogP contribution in [0.3, 0.4) is 0 Å². The van der Waals surface area contributed by atoms with Crippen molar-refractivity contribution in [2.45, 2.75) is 23.0 Å². The summed E-state index contributed by atoms with van der Waals surface area (Å²) in [7, 11) is -3.76. The highest BCUT2D eigenvalue weighted by Gasteiger charge is 2.18. The molecule has 0 atom stereocenters. The lowest BCUT2D eigenvalue weighted by Crippen LogP contribution is -2.02. The molecule has 0 aliphatic carbocycles. The van der Waals surface area contributed by atoms with Gasteiger partial charge in [0.05, 0.1) is 9.79 Å². The van der Waals surface area contributed by atoms with Crippen LogP contribution in [0.2, 0.25) is 0 Å². The average molecular weight is 446 g/mol. The van der Waals surface area contributed by atoms with E-state index in [-0.39, 0.29) is 34.5 Å². The van der Waals surface area contributed by atoms with Crippen molar-refractivity contribution in [3.05, 3.63) is 93.8 Å². The largest absolute Gasteiger partial charge is 0.518 e. The van der Waals surface area contributed by atoms with Crippen LogP contribution in [-0.4, -0.2) is 8.42 Å². The average Bonchev–Trinajstić information content (AvgIpc) is 3.39. The first-order chi connectivity index (χ1) is 14.9. The quantitative estimate of drug-likeness (QED) is 0.397. The summed E-state index contributed by atoms with van der Waals surface area (Å²) in [4.78, 5) is 21.8. The molecular weight excluding hydrogens is 432 g/mol. The van der Waals surface area contributed by atoms with E-state index in [1.165, 1.54) is 48.5 Å². The summed E-state index contributed by atoms with van der Waals surface area (Å²) in [5.41, 5.74) is 0. The molecule has 0 aliphatic rings. The molecule has 10 nitrogen and oxygen atoms in total. The van der Waals surface area contributed by atoms with Gasteiger partial charge in [0.2, 0.25) is 9.84 Å². The first-order valence-corrected chi connectivity index (χ1v) is 10.2. The first-order valence-electron chi connectivity index (χ1n) is 8.76. The van der Waals surface area contributed by atoms with Gasteiger partial charge >= 0.3 is 11.6 Å². The maximum Gasteiger partial charge on any atom is 0.518 e. The van der Waals surface area contributed by atoms with Crippen LogP contribution in [0.15, 0.2) is 98.1 Å². The number of sulfone groups is 1. The van der Waals surface area contributed by atoms with Gasteiger partial charge in [-0.3, -0.25) is 0 Å². The predicted octanol–water partition coefficient (Wildman–Crippen LogP) is 2.77. The van der Waals surface area contributed by atoms with Gasteiger partial charge in [-0.1, -0.05) is 0 Å². The van der Waals surface area contributed by atoms with Gasteiger partial charge in [-0.25, -0.2) is 18.0 Å². The fourth-order valence-corrected chi connectivity index (χ4v) is 3.80. The Hall–Kier alpha value is -3.99. The van der Waals surface area contributed by atoms with E-state index in [1.54, 1.807) is 0 Å². The molecule has 0 saturated carbocycles. The van der Waals surface area contributed by atoms with E-state index < -0.39 is 21.5 Å². The Morgan fingerprint density at radius 1 is 0.645 bits per heavy atom. The van der Waals surface area contributed by atoms with Crippen LogP contribution in [0, 0.1) is 0 Å². The van der Waals surface area contributed by atoms with Crippen molar-refractivity contribution in [2.24, 2.45) is 0 Å². The maximum absolute atomic E-state index is 12.8. The molecule has 0 fully saturated rings. The molecule has 0 unspecified atom stereocenters. The van der Waals surface area contributed by atoms with Crippen molar-refractivity contribution in [3.63, 3.8) is 0 Å². The van der Waals surface area contributed by atoms with Crippen LogP contribution in [-0.2, 0) is 23.1 Å². The molecule has 0 aliphatic heterocycles. The van der Waals surface area contributed by atoms with E-state index in [9.17, 15) is 18.0 Å². The smallest absolute Gasteiger partial charge is 0.486 e. The van der Waals surface area contributed by atoms with E-state index in [2.05, 4.69) is 8.83 Å². The zero-order valence-corrected chi connectivity index (χ0v) is 16.5. The molecule has 2 aromatic carbocycles. The van der Waals surface area contributed by atoms with Gasteiger partial charge in [0.1, 0.15) is 37.2 Å². The summed E-state index contributed by atoms with van der Waals surface area (Å²) >= 11 is 0. The van der Waals surface area contributed by atoms with Crippen molar-refractivity contribution >= 4 is 9.84 Å². The highest BCUT2D eigenvalue weighted by Crippen LogP contribution is 2.25. The lowest BCUT2D eigenvalue weighted by atomic mass is 10.3. The molecule has 2 heterocycles. The van der Waals surface area contributed by atoms with Gasteiger partial charge in [-0.05, 0) is 48.5 Å². The summed E-state index contributed by atoms with van der Waals surface area (Å²) in [5, 5.41) is 0. The minimum Gasteiger partial charge on any atom is -0.486 e. The van der Waals surface area contributed by atoms with Crippen molar-refractivity contribution in [2.75, 3.05) is 0 Å². The van der Waals surface area contributed by atoms with E-state index in [0.717, 1.165) is 12.5 Å². The minimum atomic E-state index is -3.76. The van der Waals surface area contributed by atoms with Crippen LogP contribution in [0.1, 0.15) is 11.5 Å². The predicted molar refractivity (Wildman–Crippen MR) is 101 cm³/mol. The SMILES string of the molecule is O=c1occ(COc2ccc(S(=O)(=O)c3ccc(OCc4coc(=O)o4)cc3)cc2)o1. The molecule has 4 rings (SSSR count). The number of hydrogen-bond acceptors (Lipinski definition) is 10. The molecule has 0 spiro atoms. The van der Waals surface area contributed by atoms with Gasteiger partial charge in [-0.2, -0.15) is 0 Å². The van der Waals surface area contributed by atoms with E-state index >= 15 is 0 Å². The third-order valence-electron chi connectivity index (χ3n) is 4.03. The molecule has 160 valence electrons. The van der Waals surface area contributed by atoms with Crippen molar-refractivity contribution in [1.29, 1.82) is 0 Å². The minimum absolute atomic E-state index is 0.0402. The van der Waals surface area contributed by atoms with Gasteiger partial charge in [0.25, 0.3) is 0 Å². The summed E-state index contributed by atoms with van der Waals surface area (Å²) in [5.74, 6) is -0.471. The van der Waals surface area contributed by atoms with Crippen LogP contribution in [0.25, 0.3) is 0 Å². The Morgan fingerprint density at radius 3 is 1.35 bits per heavy atom. The third-order valence-corrected chi connectivity index (χ3v) is 5.82. The van der Waals surface area contributed by atoms with Gasteiger partial charge in [0, 0.05) is 0 Å². The molecule has 0 bridgehead atoms. The van der Waals surface area contributed by atoms with Gasteiger partial charge < -0.3 is 27.1 Å². The topological polar surface area (TPSA) is 139 Å². The third kappa shape index (κ3) is 4.78. The van der Waals surface area contributed by atoms with Crippen molar-refractivity contribution in [3.8, 4) is 11.5 Å². The van der Waals surface area contributed by atoms with Crippen molar-refractivity contribution in [1.82, 2.24) is 0 Å². The van der Waals surface area contributed by atoms with Crippen LogP contribution in [0.5, 0.6) is 11.5 Å². The number of ether oxygens (including phenoxy) is 2. The second-order valence-electron chi connectivity index (χ2n) is 6.13. The second-order valence-corrected chi connectivity index (χ2v) is 8.08. The monoisotopic (exact) mass is 446 g/mol. The molecule has 31 heavy (non-hydrogen) atoms. The standard InChI is InChI=1S/C20H14O10S/c21-19-27-11-15(29-19)9-25-13-1-5-17(6-2-13)31(23,24)18-7-3-14(4-8-18)26-10-16-12-28-20(22)30-16/h1-8,11-12H,9-10H2. The Morgan fingerprint density at radius 2 is 1.03 bits per heavy atom. The normalized spacial score (nSPS) is 11.4. The number of rotatable bonds is 8. The van der Waals surface area contributed by atoms with Gasteiger partial charge in [-0.15, -0.1) is 0 Å². The lowest BCUT2D eigenvalue weighted by Gasteiger charge is -2.08. The summed E-state index contributed by atoms with van der Waals surface area (Å²) in [6, 6.07) is 11.6.